The van der Waals surface area contributed by atoms with Crippen molar-refractivity contribution in [2.45, 2.75) is 19.4 Å². The second kappa shape index (κ2) is 6.58. The highest BCUT2D eigenvalue weighted by Gasteiger charge is 2.25. The van der Waals surface area contributed by atoms with Crippen molar-refractivity contribution in [3.05, 3.63) is 54.5 Å². The second-order valence-electron chi connectivity index (χ2n) is 6.39. The van der Waals surface area contributed by atoms with Gasteiger partial charge in [0.05, 0.1) is 11.1 Å². The second-order valence-corrected chi connectivity index (χ2v) is 6.39. The zero-order valence-corrected chi connectivity index (χ0v) is 13.7. The third-order valence-electron chi connectivity index (χ3n) is 4.78. The summed E-state index contributed by atoms with van der Waals surface area (Å²) in [5.74, 6) is 0.0712. The SMILES string of the molecule is O=C(c1ccc(F)c2cccnc12)N1CCC(Cn2cnnc2)CC1. The van der Waals surface area contributed by atoms with Gasteiger partial charge in [0.1, 0.15) is 18.5 Å². The number of carbonyl (C=O) groups excluding carboxylic acids is 1. The Kier molecular flexibility index (Phi) is 4.13. The van der Waals surface area contributed by atoms with Gasteiger partial charge in [-0.3, -0.25) is 9.78 Å². The Bertz CT molecular complexity index is 888. The Labute approximate surface area is 144 Å². The van der Waals surface area contributed by atoms with Crippen LogP contribution < -0.4 is 0 Å². The molecule has 0 aliphatic carbocycles. The number of fused-ring (bicyclic) bond motifs is 1. The van der Waals surface area contributed by atoms with Crippen molar-refractivity contribution in [2.24, 2.45) is 5.92 Å². The molecule has 1 aliphatic heterocycles. The number of halogens is 1. The quantitative estimate of drug-likeness (QED) is 0.735. The van der Waals surface area contributed by atoms with Gasteiger partial charge >= 0.3 is 0 Å². The van der Waals surface area contributed by atoms with E-state index in [9.17, 15) is 9.18 Å². The summed E-state index contributed by atoms with van der Waals surface area (Å²) in [7, 11) is 0. The van der Waals surface area contributed by atoms with E-state index in [0.717, 1.165) is 19.4 Å². The summed E-state index contributed by atoms with van der Waals surface area (Å²) in [4.78, 5) is 18.9. The summed E-state index contributed by atoms with van der Waals surface area (Å²) in [6.45, 7) is 2.25. The molecule has 3 aromatic rings. The Balaban J connectivity index is 1.48. The lowest BCUT2D eigenvalue weighted by molar-refractivity contribution is 0.0684. The lowest BCUT2D eigenvalue weighted by atomic mass is 9.96. The molecular formula is C18H18FN5O. The van der Waals surface area contributed by atoms with E-state index < -0.39 is 0 Å². The fourth-order valence-electron chi connectivity index (χ4n) is 3.41. The highest BCUT2D eigenvalue weighted by atomic mass is 19.1. The molecule has 25 heavy (non-hydrogen) atoms. The average Bonchev–Trinajstić information content (AvgIpc) is 3.15. The number of carbonyl (C=O) groups is 1. The van der Waals surface area contributed by atoms with E-state index in [1.165, 1.54) is 12.1 Å². The third-order valence-corrected chi connectivity index (χ3v) is 4.78. The first-order chi connectivity index (χ1) is 12.2. The van der Waals surface area contributed by atoms with Gasteiger partial charge in [0.15, 0.2) is 0 Å². The molecule has 7 heteroatoms. The van der Waals surface area contributed by atoms with Crippen molar-refractivity contribution >= 4 is 16.8 Å². The van der Waals surface area contributed by atoms with Gasteiger partial charge in [-0.25, -0.2) is 4.39 Å². The monoisotopic (exact) mass is 339 g/mol. The summed E-state index contributed by atoms with van der Waals surface area (Å²) in [5.41, 5.74) is 0.897. The van der Waals surface area contributed by atoms with Gasteiger partial charge in [0, 0.05) is 31.2 Å². The first-order valence-electron chi connectivity index (χ1n) is 8.37. The van der Waals surface area contributed by atoms with Crippen molar-refractivity contribution in [3.8, 4) is 0 Å². The Hall–Kier alpha value is -2.83. The predicted octanol–water partition coefficient (Wildman–Crippen LogP) is 2.52. The summed E-state index contributed by atoms with van der Waals surface area (Å²) >= 11 is 0. The Morgan fingerprint density at radius 1 is 1.16 bits per heavy atom. The molecule has 4 rings (SSSR count). The number of likely N-dealkylation sites (tertiary alicyclic amines) is 1. The first-order valence-corrected chi connectivity index (χ1v) is 8.37. The lowest BCUT2D eigenvalue weighted by Gasteiger charge is -2.32. The highest BCUT2D eigenvalue weighted by Crippen LogP contribution is 2.24. The summed E-state index contributed by atoms with van der Waals surface area (Å²) < 4.78 is 15.9. The first kappa shape index (κ1) is 15.7. The molecule has 6 nitrogen and oxygen atoms in total. The number of piperidine rings is 1. The zero-order valence-electron chi connectivity index (χ0n) is 13.7. The molecule has 1 aliphatic rings. The van der Waals surface area contributed by atoms with Crippen molar-refractivity contribution in [2.75, 3.05) is 13.1 Å². The molecule has 1 amide bonds. The standard InChI is InChI=1S/C18H18FN5O/c19-16-4-3-15(17-14(16)2-1-7-20-17)18(25)24-8-5-13(6-9-24)10-23-11-21-22-12-23/h1-4,7,11-13H,5-6,8-10H2. The predicted molar refractivity (Wildman–Crippen MR) is 90.4 cm³/mol. The van der Waals surface area contributed by atoms with Crippen molar-refractivity contribution in [1.82, 2.24) is 24.6 Å². The van der Waals surface area contributed by atoms with E-state index in [0.29, 0.717) is 35.5 Å². The lowest BCUT2D eigenvalue weighted by Crippen LogP contribution is -2.39. The van der Waals surface area contributed by atoms with Crippen LogP contribution in [0.2, 0.25) is 0 Å². The number of pyridine rings is 1. The largest absolute Gasteiger partial charge is 0.339 e. The molecule has 1 aromatic carbocycles. The van der Waals surface area contributed by atoms with Gasteiger partial charge in [-0.2, -0.15) is 0 Å². The summed E-state index contributed by atoms with van der Waals surface area (Å²) in [6.07, 6.45) is 6.87. The molecule has 0 spiro atoms. The minimum absolute atomic E-state index is 0.0774. The fraction of sp³-hybridized carbons (Fsp3) is 0.333. The van der Waals surface area contributed by atoms with Gasteiger partial charge in [-0.05, 0) is 43.0 Å². The van der Waals surface area contributed by atoms with Gasteiger partial charge in [-0.15, -0.1) is 10.2 Å². The van der Waals surface area contributed by atoms with Gasteiger partial charge in [0.2, 0.25) is 0 Å². The molecule has 0 saturated carbocycles. The van der Waals surface area contributed by atoms with Crippen LogP contribution in [0.15, 0.2) is 43.1 Å². The average molecular weight is 339 g/mol. The van der Waals surface area contributed by atoms with Crippen LogP contribution in [-0.4, -0.2) is 43.6 Å². The molecule has 0 atom stereocenters. The number of nitrogens with zero attached hydrogens (tertiary/aromatic N) is 5. The van der Waals surface area contributed by atoms with Crippen molar-refractivity contribution in [1.29, 1.82) is 0 Å². The smallest absolute Gasteiger partial charge is 0.256 e. The molecule has 2 aromatic heterocycles. The van der Waals surface area contributed by atoms with Crippen LogP contribution in [0, 0.1) is 11.7 Å². The molecule has 1 saturated heterocycles. The van der Waals surface area contributed by atoms with Gasteiger partial charge < -0.3 is 9.47 Å². The number of benzene rings is 1. The maximum Gasteiger partial charge on any atom is 0.256 e. The van der Waals surface area contributed by atoms with E-state index in [1.807, 2.05) is 9.47 Å². The molecule has 3 heterocycles. The molecule has 128 valence electrons. The molecule has 0 radical (unpaired) electrons. The highest BCUT2D eigenvalue weighted by molar-refractivity contribution is 6.05. The van der Waals surface area contributed by atoms with Crippen LogP contribution in [0.1, 0.15) is 23.2 Å². The van der Waals surface area contributed by atoms with Gasteiger partial charge in [-0.1, -0.05) is 0 Å². The molecular weight excluding hydrogens is 321 g/mol. The number of rotatable bonds is 3. The van der Waals surface area contributed by atoms with Crippen LogP contribution in [0.25, 0.3) is 10.9 Å². The van der Waals surface area contributed by atoms with Crippen LogP contribution in [-0.2, 0) is 6.54 Å². The third kappa shape index (κ3) is 3.09. The van der Waals surface area contributed by atoms with Gasteiger partial charge in [0.25, 0.3) is 5.91 Å². The van der Waals surface area contributed by atoms with E-state index in [2.05, 4.69) is 15.2 Å². The number of amides is 1. The normalized spacial score (nSPS) is 15.6. The molecule has 0 unspecified atom stereocenters. The summed E-state index contributed by atoms with van der Waals surface area (Å²) in [6, 6.07) is 6.21. The van der Waals surface area contributed by atoms with Crippen LogP contribution in [0.3, 0.4) is 0 Å². The molecule has 0 bridgehead atoms. The molecule has 0 N–H and O–H groups in total. The van der Waals surface area contributed by atoms with E-state index in [1.54, 1.807) is 31.0 Å². The van der Waals surface area contributed by atoms with Crippen LogP contribution in [0.4, 0.5) is 4.39 Å². The minimum Gasteiger partial charge on any atom is -0.339 e. The maximum absolute atomic E-state index is 13.9. The number of hydrogen-bond donors (Lipinski definition) is 0. The Morgan fingerprint density at radius 2 is 1.92 bits per heavy atom. The minimum atomic E-state index is -0.354. The zero-order chi connectivity index (χ0) is 17.2. The van der Waals surface area contributed by atoms with E-state index in [-0.39, 0.29) is 11.7 Å². The van der Waals surface area contributed by atoms with E-state index in [4.69, 9.17) is 0 Å². The fourth-order valence-corrected chi connectivity index (χ4v) is 3.41. The topological polar surface area (TPSA) is 63.9 Å². The van der Waals surface area contributed by atoms with Crippen molar-refractivity contribution < 1.29 is 9.18 Å². The maximum atomic E-state index is 13.9. The summed E-state index contributed by atoms with van der Waals surface area (Å²) in [5, 5.41) is 8.02. The van der Waals surface area contributed by atoms with Crippen LogP contribution >= 0.6 is 0 Å². The number of aromatic nitrogens is 4. The van der Waals surface area contributed by atoms with Crippen molar-refractivity contribution in [3.63, 3.8) is 0 Å². The number of hydrogen-bond acceptors (Lipinski definition) is 4. The Morgan fingerprint density at radius 3 is 2.68 bits per heavy atom. The van der Waals surface area contributed by atoms with Crippen LogP contribution in [0.5, 0.6) is 0 Å². The molecule has 1 fully saturated rings. The van der Waals surface area contributed by atoms with E-state index >= 15 is 0 Å².